The molecule has 3 aliphatic rings. The van der Waals surface area contributed by atoms with Gasteiger partial charge in [-0.3, -0.25) is 14.4 Å². The van der Waals surface area contributed by atoms with Crippen molar-refractivity contribution in [1.82, 2.24) is 5.32 Å². The standard InChI is InChI=1S/C19H23N3O3/c1-11-15-10-14(9-12-5-4-8-22(16(12)15)19(11)25)21-18(24)17(23)20-13-6-2-3-7-13/h9-11,13H,2-8H2,1H3,(H,20,23)(H,21,24)/t11-/m0/s1. The van der Waals surface area contributed by atoms with Gasteiger partial charge in [-0.15, -0.1) is 0 Å². The Morgan fingerprint density at radius 1 is 1.12 bits per heavy atom. The molecule has 0 radical (unpaired) electrons. The summed E-state index contributed by atoms with van der Waals surface area (Å²) in [6.07, 6.45) is 5.89. The summed E-state index contributed by atoms with van der Waals surface area (Å²) in [7, 11) is 0. The molecular weight excluding hydrogens is 318 g/mol. The van der Waals surface area contributed by atoms with Gasteiger partial charge in [-0.1, -0.05) is 12.8 Å². The number of benzene rings is 1. The van der Waals surface area contributed by atoms with E-state index in [0.29, 0.717) is 5.69 Å². The van der Waals surface area contributed by atoms with Crippen LogP contribution in [0, 0.1) is 0 Å². The second kappa shape index (κ2) is 6.17. The quantitative estimate of drug-likeness (QED) is 0.809. The summed E-state index contributed by atoms with van der Waals surface area (Å²) in [5.41, 5.74) is 3.64. The van der Waals surface area contributed by atoms with Crippen LogP contribution in [0.2, 0.25) is 0 Å². The van der Waals surface area contributed by atoms with Crippen molar-refractivity contribution >= 4 is 29.1 Å². The number of nitrogens with one attached hydrogen (secondary N) is 2. The molecule has 1 aliphatic carbocycles. The van der Waals surface area contributed by atoms with Gasteiger partial charge in [0.15, 0.2) is 0 Å². The average Bonchev–Trinajstić information content (AvgIpc) is 3.19. The third-order valence-electron chi connectivity index (χ3n) is 5.57. The van der Waals surface area contributed by atoms with E-state index in [9.17, 15) is 14.4 Å². The molecule has 0 aromatic heterocycles. The molecule has 4 rings (SSSR count). The van der Waals surface area contributed by atoms with Gasteiger partial charge in [-0.05, 0) is 55.9 Å². The van der Waals surface area contributed by atoms with E-state index in [4.69, 9.17) is 0 Å². The van der Waals surface area contributed by atoms with E-state index in [1.165, 1.54) is 0 Å². The monoisotopic (exact) mass is 341 g/mol. The number of carbonyl (C=O) groups excluding carboxylic acids is 3. The molecule has 0 unspecified atom stereocenters. The maximum Gasteiger partial charge on any atom is 0.313 e. The van der Waals surface area contributed by atoms with Crippen molar-refractivity contribution in [3.63, 3.8) is 0 Å². The first kappa shape index (κ1) is 16.1. The van der Waals surface area contributed by atoms with E-state index in [0.717, 1.165) is 61.9 Å². The summed E-state index contributed by atoms with van der Waals surface area (Å²) < 4.78 is 0. The second-order valence-corrected chi connectivity index (χ2v) is 7.30. The molecule has 6 heteroatoms. The number of hydrogen-bond acceptors (Lipinski definition) is 3. The van der Waals surface area contributed by atoms with Crippen LogP contribution < -0.4 is 15.5 Å². The van der Waals surface area contributed by atoms with Crippen LogP contribution in [0.25, 0.3) is 0 Å². The number of nitrogens with zero attached hydrogens (tertiary/aromatic N) is 1. The molecular formula is C19H23N3O3. The van der Waals surface area contributed by atoms with Crippen LogP contribution in [0.3, 0.4) is 0 Å². The lowest BCUT2D eigenvalue weighted by molar-refractivity contribution is -0.136. The Morgan fingerprint density at radius 2 is 1.88 bits per heavy atom. The Bertz CT molecular complexity index is 753. The van der Waals surface area contributed by atoms with Crippen molar-refractivity contribution in [2.75, 3.05) is 16.8 Å². The zero-order valence-electron chi connectivity index (χ0n) is 14.4. The van der Waals surface area contributed by atoms with Crippen LogP contribution >= 0.6 is 0 Å². The number of anilines is 2. The highest BCUT2D eigenvalue weighted by Crippen LogP contribution is 2.44. The van der Waals surface area contributed by atoms with E-state index < -0.39 is 11.8 Å². The third-order valence-corrected chi connectivity index (χ3v) is 5.57. The number of carbonyl (C=O) groups is 3. The highest BCUT2D eigenvalue weighted by Gasteiger charge is 2.38. The molecule has 6 nitrogen and oxygen atoms in total. The van der Waals surface area contributed by atoms with Crippen LogP contribution in [-0.4, -0.2) is 30.3 Å². The molecule has 132 valence electrons. The van der Waals surface area contributed by atoms with Crippen LogP contribution in [-0.2, 0) is 20.8 Å². The smallest absolute Gasteiger partial charge is 0.313 e. The van der Waals surface area contributed by atoms with E-state index in [-0.39, 0.29) is 17.9 Å². The lowest BCUT2D eigenvalue weighted by atomic mass is 9.96. The summed E-state index contributed by atoms with van der Waals surface area (Å²) in [6, 6.07) is 3.86. The Morgan fingerprint density at radius 3 is 2.64 bits per heavy atom. The Balaban J connectivity index is 1.53. The molecule has 25 heavy (non-hydrogen) atoms. The van der Waals surface area contributed by atoms with Crippen molar-refractivity contribution < 1.29 is 14.4 Å². The third kappa shape index (κ3) is 2.79. The van der Waals surface area contributed by atoms with Gasteiger partial charge >= 0.3 is 11.8 Å². The summed E-state index contributed by atoms with van der Waals surface area (Å²) >= 11 is 0. The molecule has 2 N–H and O–H groups in total. The minimum absolute atomic E-state index is 0.116. The van der Waals surface area contributed by atoms with Crippen molar-refractivity contribution in [2.24, 2.45) is 0 Å². The summed E-state index contributed by atoms with van der Waals surface area (Å²) in [6.45, 7) is 2.66. The Kier molecular flexibility index (Phi) is 3.98. The zero-order chi connectivity index (χ0) is 17.6. The molecule has 3 amide bonds. The molecule has 0 spiro atoms. The molecule has 1 aromatic rings. The van der Waals surface area contributed by atoms with Gasteiger partial charge in [0, 0.05) is 18.3 Å². The molecule has 1 atom stereocenters. The molecule has 1 fully saturated rings. The van der Waals surface area contributed by atoms with Crippen molar-refractivity contribution in [2.45, 2.75) is 57.4 Å². The molecule has 1 aromatic carbocycles. The van der Waals surface area contributed by atoms with Crippen molar-refractivity contribution in [3.8, 4) is 0 Å². The second-order valence-electron chi connectivity index (χ2n) is 7.30. The van der Waals surface area contributed by atoms with Crippen LogP contribution in [0.15, 0.2) is 12.1 Å². The van der Waals surface area contributed by atoms with Gasteiger partial charge < -0.3 is 15.5 Å². The predicted octanol–water partition coefficient (Wildman–Crippen LogP) is 2.08. The summed E-state index contributed by atoms with van der Waals surface area (Å²) in [5.74, 6) is -1.29. The predicted molar refractivity (Wildman–Crippen MR) is 94.6 cm³/mol. The largest absolute Gasteiger partial charge is 0.345 e. The van der Waals surface area contributed by atoms with E-state index in [1.54, 1.807) is 0 Å². The van der Waals surface area contributed by atoms with Gasteiger partial charge in [-0.25, -0.2) is 0 Å². The van der Waals surface area contributed by atoms with E-state index in [2.05, 4.69) is 10.6 Å². The van der Waals surface area contributed by atoms with E-state index in [1.807, 2.05) is 24.0 Å². The maximum absolute atomic E-state index is 12.4. The van der Waals surface area contributed by atoms with Crippen LogP contribution in [0.1, 0.15) is 56.1 Å². The minimum atomic E-state index is -0.635. The molecule has 0 bridgehead atoms. The fourth-order valence-electron chi connectivity index (χ4n) is 4.28. The lowest BCUT2D eigenvalue weighted by Gasteiger charge is -2.26. The van der Waals surface area contributed by atoms with Crippen LogP contribution in [0.4, 0.5) is 11.4 Å². The highest BCUT2D eigenvalue weighted by molar-refractivity contribution is 6.39. The number of rotatable bonds is 2. The van der Waals surface area contributed by atoms with Crippen molar-refractivity contribution in [3.05, 3.63) is 23.3 Å². The van der Waals surface area contributed by atoms with Crippen molar-refractivity contribution in [1.29, 1.82) is 0 Å². The average molecular weight is 341 g/mol. The number of aryl methyl sites for hydroxylation is 1. The van der Waals surface area contributed by atoms with E-state index >= 15 is 0 Å². The fraction of sp³-hybridized carbons (Fsp3) is 0.526. The molecule has 2 aliphatic heterocycles. The van der Waals surface area contributed by atoms with Gasteiger partial charge in [0.2, 0.25) is 5.91 Å². The molecule has 0 saturated heterocycles. The highest BCUT2D eigenvalue weighted by atomic mass is 16.2. The lowest BCUT2D eigenvalue weighted by Crippen LogP contribution is -2.40. The zero-order valence-corrected chi connectivity index (χ0v) is 14.4. The van der Waals surface area contributed by atoms with Crippen LogP contribution in [0.5, 0.6) is 0 Å². The number of hydrogen-bond donors (Lipinski definition) is 2. The maximum atomic E-state index is 12.4. The SMILES string of the molecule is C[C@@H]1C(=O)N2CCCc3cc(NC(=O)C(=O)NC4CCCC4)cc1c32. The minimum Gasteiger partial charge on any atom is -0.345 e. The first-order valence-corrected chi connectivity index (χ1v) is 9.14. The topological polar surface area (TPSA) is 78.5 Å². The summed E-state index contributed by atoms with van der Waals surface area (Å²) in [5, 5.41) is 5.51. The first-order valence-electron chi connectivity index (χ1n) is 9.14. The Labute approximate surface area is 147 Å². The fourth-order valence-corrected chi connectivity index (χ4v) is 4.28. The van der Waals surface area contributed by atoms with Gasteiger partial charge in [0.1, 0.15) is 0 Å². The number of amides is 3. The molecule has 2 heterocycles. The Hall–Kier alpha value is -2.37. The van der Waals surface area contributed by atoms with Gasteiger partial charge in [0.25, 0.3) is 0 Å². The van der Waals surface area contributed by atoms with Gasteiger partial charge in [0.05, 0.1) is 11.6 Å². The molecule has 1 saturated carbocycles. The summed E-state index contributed by atoms with van der Waals surface area (Å²) in [4.78, 5) is 38.6. The van der Waals surface area contributed by atoms with Gasteiger partial charge in [-0.2, -0.15) is 0 Å². The normalized spacial score (nSPS) is 22.0. The first-order chi connectivity index (χ1) is 12.0.